The molecular formula is C21H24N2O6S. The molecule has 0 spiro atoms. The fraction of sp³-hybridized carbons (Fsp3) is 0.333. The fourth-order valence-electron chi connectivity index (χ4n) is 3.37. The average molecular weight is 432 g/mol. The van der Waals surface area contributed by atoms with Crippen molar-refractivity contribution in [1.82, 2.24) is 9.21 Å². The van der Waals surface area contributed by atoms with Crippen LogP contribution in [0, 0.1) is 6.92 Å². The summed E-state index contributed by atoms with van der Waals surface area (Å²) in [6.45, 7) is 2.63. The molecule has 160 valence electrons. The van der Waals surface area contributed by atoms with Crippen molar-refractivity contribution >= 4 is 21.9 Å². The molecule has 1 aliphatic heterocycles. The molecule has 0 unspecified atom stereocenters. The molecule has 2 aromatic carbocycles. The lowest BCUT2D eigenvalue weighted by atomic mass is 10.1. The smallest absolute Gasteiger partial charge is 0.337 e. The lowest BCUT2D eigenvalue weighted by Crippen LogP contribution is -2.50. The minimum atomic E-state index is -3.74. The van der Waals surface area contributed by atoms with Gasteiger partial charge in [-0.05, 0) is 55.0 Å². The number of hydrogen-bond donors (Lipinski definition) is 0. The number of carbonyl (C=O) groups excluding carboxylic acids is 2. The third-order valence-corrected chi connectivity index (χ3v) is 7.14. The van der Waals surface area contributed by atoms with Crippen LogP contribution in [0.5, 0.6) is 5.75 Å². The van der Waals surface area contributed by atoms with Gasteiger partial charge in [0.1, 0.15) is 5.75 Å². The Labute approximate surface area is 176 Å². The molecule has 1 saturated heterocycles. The lowest BCUT2D eigenvalue weighted by molar-refractivity contribution is 0.0600. The van der Waals surface area contributed by atoms with Crippen molar-refractivity contribution in [2.24, 2.45) is 0 Å². The molecule has 3 rings (SSSR count). The van der Waals surface area contributed by atoms with Gasteiger partial charge in [0, 0.05) is 31.7 Å². The van der Waals surface area contributed by atoms with Gasteiger partial charge >= 0.3 is 5.97 Å². The highest BCUT2D eigenvalue weighted by Gasteiger charge is 2.31. The first-order chi connectivity index (χ1) is 14.3. The normalized spacial score (nSPS) is 15.0. The van der Waals surface area contributed by atoms with Crippen molar-refractivity contribution in [2.45, 2.75) is 11.8 Å². The molecule has 8 nitrogen and oxygen atoms in total. The van der Waals surface area contributed by atoms with Crippen LogP contribution in [0.15, 0.2) is 47.4 Å². The number of carbonyl (C=O) groups is 2. The third-order valence-electron chi connectivity index (χ3n) is 5.08. The van der Waals surface area contributed by atoms with Crippen molar-refractivity contribution in [2.75, 3.05) is 40.4 Å². The Morgan fingerprint density at radius 1 is 0.900 bits per heavy atom. The van der Waals surface area contributed by atoms with Gasteiger partial charge in [-0.15, -0.1) is 0 Å². The lowest BCUT2D eigenvalue weighted by Gasteiger charge is -2.34. The van der Waals surface area contributed by atoms with E-state index in [1.54, 1.807) is 43.2 Å². The van der Waals surface area contributed by atoms with Crippen LogP contribution in [0.1, 0.15) is 26.3 Å². The van der Waals surface area contributed by atoms with Gasteiger partial charge in [0.05, 0.1) is 24.7 Å². The number of sulfonamides is 1. The van der Waals surface area contributed by atoms with Gasteiger partial charge in [-0.25, -0.2) is 13.2 Å². The van der Waals surface area contributed by atoms with Gasteiger partial charge in [-0.1, -0.05) is 0 Å². The highest BCUT2D eigenvalue weighted by Crippen LogP contribution is 2.23. The van der Waals surface area contributed by atoms with Crippen LogP contribution in [-0.2, 0) is 14.8 Å². The topological polar surface area (TPSA) is 93.2 Å². The standard InChI is InChI=1S/C21H24N2O6S/c1-15-14-17(21(25)29-3)6-9-19(15)30(26,27)23-12-10-22(11-13-23)20(24)16-4-7-18(28-2)8-5-16/h4-9,14H,10-13H2,1-3H3. The predicted octanol–water partition coefficient (Wildman–Crippen LogP) is 1.94. The fourth-order valence-corrected chi connectivity index (χ4v) is 5.00. The zero-order valence-electron chi connectivity index (χ0n) is 17.1. The molecule has 1 fully saturated rings. The van der Waals surface area contributed by atoms with E-state index in [2.05, 4.69) is 4.74 Å². The number of aryl methyl sites for hydroxylation is 1. The number of rotatable bonds is 5. The van der Waals surface area contributed by atoms with Crippen molar-refractivity contribution in [3.05, 3.63) is 59.2 Å². The number of amides is 1. The van der Waals surface area contributed by atoms with Crippen LogP contribution >= 0.6 is 0 Å². The zero-order chi connectivity index (χ0) is 21.9. The number of benzene rings is 2. The molecular weight excluding hydrogens is 408 g/mol. The first-order valence-corrected chi connectivity index (χ1v) is 10.8. The van der Waals surface area contributed by atoms with Crippen LogP contribution in [0.25, 0.3) is 0 Å². The molecule has 9 heteroatoms. The molecule has 0 saturated carbocycles. The average Bonchev–Trinajstić information content (AvgIpc) is 2.77. The van der Waals surface area contributed by atoms with Gasteiger partial charge in [0.15, 0.2) is 0 Å². The maximum Gasteiger partial charge on any atom is 0.337 e. The van der Waals surface area contributed by atoms with Crippen molar-refractivity contribution in [1.29, 1.82) is 0 Å². The van der Waals surface area contributed by atoms with Crippen molar-refractivity contribution < 1.29 is 27.5 Å². The molecule has 0 radical (unpaired) electrons. The van der Waals surface area contributed by atoms with Crippen LogP contribution in [0.3, 0.4) is 0 Å². The van der Waals surface area contributed by atoms with E-state index in [1.165, 1.54) is 29.6 Å². The summed E-state index contributed by atoms with van der Waals surface area (Å²) in [7, 11) is -0.908. The Hall–Kier alpha value is -2.91. The van der Waals surface area contributed by atoms with E-state index in [9.17, 15) is 18.0 Å². The van der Waals surface area contributed by atoms with Gasteiger partial charge < -0.3 is 14.4 Å². The number of methoxy groups -OCH3 is 2. The quantitative estimate of drug-likeness (QED) is 0.671. The van der Waals surface area contributed by atoms with E-state index in [0.717, 1.165) is 0 Å². The molecule has 0 bridgehead atoms. The van der Waals surface area contributed by atoms with Crippen LogP contribution in [-0.4, -0.2) is 69.9 Å². The number of esters is 1. The highest BCUT2D eigenvalue weighted by atomic mass is 32.2. The Balaban J connectivity index is 1.70. The number of piperazine rings is 1. The molecule has 0 N–H and O–H groups in total. The van der Waals surface area contributed by atoms with E-state index in [-0.39, 0.29) is 23.9 Å². The molecule has 0 aliphatic carbocycles. The van der Waals surface area contributed by atoms with E-state index >= 15 is 0 Å². The predicted molar refractivity (Wildman–Crippen MR) is 110 cm³/mol. The highest BCUT2D eigenvalue weighted by molar-refractivity contribution is 7.89. The van der Waals surface area contributed by atoms with Gasteiger partial charge in [0.25, 0.3) is 5.91 Å². The second kappa shape index (κ2) is 8.85. The summed E-state index contributed by atoms with van der Waals surface area (Å²) in [5, 5.41) is 0. The van der Waals surface area contributed by atoms with Gasteiger partial charge in [-0.2, -0.15) is 4.31 Å². The van der Waals surface area contributed by atoms with Gasteiger partial charge in [-0.3, -0.25) is 4.79 Å². The molecule has 1 amide bonds. The Kier molecular flexibility index (Phi) is 6.42. The number of nitrogens with zero attached hydrogens (tertiary/aromatic N) is 2. The molecule has 0 atom stereocenters. The van der Waals surface area contributed by atoms with E-state index in [4.69, 9.17) is 4.74 Å². The molecule has 1 aliphatic rings. The summed E-state index contributed by atoms with van der Waals surface area (Å²) in [5.74, 6) is -0.00271. The second-order valence-electron chi connectivity index (χ2n) is 6.90. The Morgan fingerprint density at radius 3 is 2.03 bits per heavy atom. The number of hydrogen-bond acceptors (Lipinski definition) is 6. The monoisotopic (exact) mass is 432 g/mol. The minimum Gasteiger partial charge on any atom is -0.497 e. The maximum absolute atomic E-state index is 13.1. The van der Waals surface area contributed by atoms with E-state index in [1.807, 2.05) is 0 Å². The molecule has 2 aromatic rings. The van der Waals surface area contributed by atoms with Crippen LogP contribution < -0.4 is 4.74 Å². The van der Waals surface area contributed by atoms with Gasteiger partial charge in [0.2, 0.25) is 10.0 Å². The van der Waals surface area contributed by atoms with Crippen LogP contribution in [0.4, 0.5) is 0 Å². The first-order valence-electron chi connectivity index (χ1n) is 9.40. The Bertz CT molecular complexity index is 1040. The summed E-state index contributed by atoms with van der Waals surface area (Å²) in [6.07, 6.45) is 0. The first kappa shape index (κ1) is 21.8. The summed E-state index contributed by atoms with van der Waals surface area (Å²) in [4.78, 5) is 26.1. The van der Waals surface area contributed by atoms with Crippen molar-refractivity contribution in [3.63, 3.8) is 0 Å². The molecule has 0 aromatic heterocycles. The van der Waals surface area contributed by atoms with Crippen LogP contribution in [0.2, 0.25) is 0 Å². The molecule has 30 heavy (non-hydrogen) atoms. The summed E-state index contributed by atoms with van der Waals surface area (Å²) in [6, 6.07) is 11.2. The second-order valence-corrected chi connectivity index (χ2v) is 8.80. The summed E-state index contributed by atoms with van der Waals surface area (Å²) < 4.78 is 37.3. The van der Waals surface area contributed by atoms with Crippen molar-refractivity contribution in [3.8, 4) is 5.75 Å². The third kappa shape index (κ3) is 4.31. The number of ether oxygens (including phenoxy) is 2. The maximum atomic E-state index is 13.1. The van der Waals surface area contributed by atoms with E-state index < -0.39 is 16.0 Å². The minimum absolute atomic E-state index is 0.144. The van der Waals surface area contributed by atoms with E-state index in [0.29, 0.717) is 35.5 Å². The Morgan fingerprint density at radius 2 is 1.50 bits per heavy atom. The zero-order valence-corrected chi connectivity index (χ0v) is 17.9. The summed E-state index contributed by atoms with van der Waals surface area (Å²) in [5.41, 5.74) is 1.29. The summed E-state index contributed by atoms with van der Waals surface area (Å²) >= 11 is 0. The molecule has 1 heterocycles. The largest absolute Gasteiger partial charge is 0.497 e. The SMILES string of the molecule is COC(=O)c1ccc(S(=O)(=O)N2CCN(C(=O)c3ccc(OC)cc3)CC2)c(C)c1.